The molecule has 0 spiro atoms. The number of carbonyl (C=O) groups excluding carboxylic acids is 3. The van der Waals surface area contributed by atoms with Crippen LogP contribution in [0.1, 0.15) is 66.5 Å². The number of Topliss-reactive ketones (excluding diaryl/α,β-unsaturated/α-hetero) is 1. The van der Waals surface area contributed by atoms with Crippen LogP contribution in [0.5, 0.6) is 0 Å². The molecule has 2 amide bonds. The van der Waals surface area contributed by atoms with Gasteiger partial charge in [0.05, 0.1) is 9.57 Å². The van der Waals surface area contributed by atoms with Crippen LogP contribution < -0.4 is 5.32 Å². The summed E-state index contributed by atoms with van der Waals surface area (Å²) < 4.78 is 2.06. The van der Waals surface area contributed by atoms with Crippen molar-refractivity contribution in [2.45, 2.75) is 75.9 Å². The maximum absolute atomic E-state index is 14.4. The molecule has 5 heterocycles. The second kappa shape index (κ2) is 14.7. The Morgan fingerprint density at radius 2 is 1.81 bits per heavy atom. The van der Waals surface area contributed by atoms with E-state index < -0.39 is 6.04 Å². The molecule has 0 saturated carbocycles. The number of carbonyl (C=O) groups is 3. The Kier molecular flexibility index (Phi) is 10.6. The normalized spacial score (nSPS) is 21.0. The van der Waals surface area contributed by atoms with Crippen molar-refractivity contribution in [3.8, 4) is 11.1 Å². The van der Waals surface area contributed by atoms with Gasteiger partial charge in [0.15, 0.2) is 5.78 Å². The van der Waals surface area contributed by atoms with Gasteiger partial charge in [-0.15, -0.1) is 0 Å². The minimum Gasteiger partial charge on any atom is -0.317 e. The molecule has 2 aliphatic rings. The average molecular weight is 828 g/mol. The summed E-state index contributed by atoms with van der Waals surface area (Å²) >= 11 is 5.79. The highest BCUT2D eigenvalue weighted by atomic mass is 127. The number of aromatic nitrogens is 5. The Hall–Kier alpha value is -3.30. The first-order chi connectivity index (χ1) is 23.0. The highest BCUT2D eigenvalue weighted by Crippen LogP contribution is 2.37. The number of likely N-dealkylation sites (tertiary alicyclic amines) is 1. The molecule has 48 heavy (non-hydrogen) atoms. The molecule has 4 aromatic rings. The first kappa shape index (κ1) is 34.6. The third kappa shape index (κ3) is 7.32. The van der Waals surface area contributed by atoms with Crippen molar-refractivity contribution in [1.29, 1.82) is 0 Å². The smallest absolute Gasteiger partial charge is 0.248 e. The number of benzene rings is 1. The Labute approximate surface area is 302 Å². The molecular formula is C35H40BrIN8O3. The molecule has 1 N–H and O–H groups in total. The first-order valence-electron chi connectivity index (χ1n) is 16.4. The Morgan fingerprint density at radius 3 is 2.56 bits per heavy atom. The molecule has 3 atom stereocenters. The number of anilines is 1. The lowest BCUT2D eigenvalue weighted by Gasteiger charge is -2.29. The zero-order valence-corrected chi connectivity index (χ0v) is 31.4. The van der Waals surface area contributed by atoms with Gasteiger partial charge in [-0.3, -0.25) is 19.1 Å². The van der Waals surface area contributed by atoms with Gasteiger partial charge in [0.2, 0.25) is 11.8 Å². The van der Waals surface area contributed by atoms with Crippen LogP contribution in [0.3, 0.4) is 0 Å². The highest BCUT2D eigenvalue weighted by molar-refractivity contribution is 14.1. The van der Waals surface area contributed by atoms with Gasteiger partial charge in [-0.25, -0.2) is 15.0 Å². The van der Waals surface area contributed by atoms with Crippen LogP contribution in [0.4, 0.5) is 5.82 Å². The number of alkyl halides is 1. The number of amides is 2. The zero-order valence-electron chi connectivity index (χ0n) is 27.7. The van der Waals surface area contributed by atoms with E-state index in [9.17, 15) is 14.4 Å². The van der Waals surface area contributed by atoms with Crippen molar-refractivity contribution < 1.29 is 14.4 Å². The molecule has 2 aliphatic heterocycles. The molecule has 1 fully saturated rings. The monoisotopic (exact) mass is 826 g/mol. The lowest BCUT2D eigenvalue weighted by atomic mass is 10.0. The standard InChI is InChI=1S/C35H40BrIN8O3/c1-20-13-24(26-16-38-22(3)39-17-26)14-27-31(21(2)46)42-44(32(20)27)19-30(47)45-28-15-25(33(45)37)18-43(4)12-8-6-5-7-9-23-10-11-29(36)40-34(23)41-35(28)48/h10-11,13-14,16-17,25,28,33H,5-9,12,15,18-19H2,1-4H3,(H,40,41,48)/t25-,28+,33+/m1/s1. The van der Waals surface area contributed by atoms with Crippen molar-refractivity contribution in [2.24, 2.45) is 5.92 Å². The van der Waals surface area contributed by atoms with E-state index in [1.807, 2.05) is 38.1 Å². The summed E-state index contributed by atoms with van der Waals surface area (Å²) in [5.41, 5.74) is 4.56. The van der Waals surface area contributed by atoms with Crippen molar-refractivity contribution in [3.05, 3.63) is 63.9 Å². The van der Waals surface area contributed by atoms with E-state index in [2.05, 4.69) is 75.8 Å². The summed E-state index contributed by atoms with van der Waals surface area (Å²) in [7, 11) is 2.12. The summed E-state index contributed by atoms with van der Waals surface area (Å²) in [6, 6.07) is 7.14. The van der Waals surface area contributed by atoms with Gasteiger partial charge in [-0.05, 0) is 104 Å². The van der Waals surface area contributed by atoms with Gasteiger partial charge in [0, 0.05) is 42.7 Å². The van der Waals surface area contributed by atoms with Gasteiger partial charge < -0.3 is 15.1 Å². The molecule has 6 rings (SSSR count). The molecule has 0 unspecified atom stereocenters. The highest BCUT2D eigenvalue weighted by Gasteiger charge is 2.46. The van der Waals surface area contributed by atoms with E-state index >= 15 is 0 Å². The van der Waals surface area contributed by atoms with Gasteiger partial charge in [-0.2, -0.15) is 5.10 Å². The zero-order chi connectivity index (χ0) is 34.1. The fourth-order valence-electron chi connectivity index (χ4n) is 6.95. The van der Waals surface area contributed by atoms with E-state index in [0.717, 1.165) is 67.4 Å². The molecule has 252 valence electrons. The summed E-state index contributed by atoms with van der Waals surface area (Å²) in [4.78, 5) is 58.6. The lowest BCUT2D eigenvalue weighted by molar-refractivity contribution is -0.137. The molecule has 3 aromatic heterocycles. The van der Waals surface area contributed by atoms with Crippen LogP contribution in [0, 0.1) is 19.8 Å². The third-order valence-electron chi connectivity index (χ3n) is 9.34. The number of pyridine rings is 1. The van der Waals surface area contributed by atoms with Gasteiger partial charge >= 0.3 is 0 Å². The number of rotatable bonds is 4. The van der Waals surface area contributed by atoms with Crippen molar-refractivity contribution in [1.82, 2.24) is 34.5 Å². The predicted octanol–water partition coefficient (Wildman–Crippen LogP) is 6.14. The largest absolute Gasteiger partial charge is 0.317 e. The number of hydrogen-bond acceptors (Lipinski definition) is 8. The maximum Gasteiger partial charge on any atom is 0.248 e. The second-order valence-corrected chi connectivity index (χ2v) is 15.1. The Bertz CT molecular complexity index is 1860. The van der Waals surface area contributed by atoms with E-state index in [1.54, 1.807) is 22.0 Å². The van der Waals surface area contributed by atoms with Crippen LogP contribution in [0.2, 0.25) is 0 Å². The number of nitrogens with one attached hydrogen (secondary N) is 1. The number of nitrogens with zero attached hydrogens (tertiary/aromatic N) is 7. The number of halogens is 2. The third-order valence-corrected chi connectivity index (χ3v) is 11.4. The van der Waals surface area contributed by atoms with Crippen LogP contribution in [-0.4, -0.2) is 82.4 Å². The van der Waals surface area contributed by atoms with E-state index in [-0.39, 0.29) is 34.1 Å². The fraction of sp³-hybridized carbons (Fsp3) is 0.457. The number of aryl methyl sites for hydroxylation is 3. The topological polar surface area (TPSA) is 126 Å². The number of fused-ring (bicyclic) bond motifs is 4. The van der Waals surface area contributed by atoms with Crippen molar-refractivity contribution in [2.75, 3.05) is 25.5 Å². The number of hydrogen-bond donors (Lipinski definition) is 1. The van der Waals surface area contributed by atoms with Crippen LogP contribution in [-0.2, 0) is 22.6 Å². The van der Waals surface area contributed by atoms with Crippen LogP contribution in [0.15, 0.2) is 41.3 Å². The molecule has 0 radical (unpaired) electrons. The summed E-state index contributed by atoms with van der Waals surface area (Å²) in [5.74, 6) is 0.647. The maximum atomic E-state index is 14.4. The van der Waals surface area contributed by atoms with Gasteiger partial charge in [-0.1, -0.05) is 41.5 Å². The molecular weight excluding hydrogens is 787 g/mol. The Morgan fingerprint density at radius 1 is 1.06 bits per heavy atom. The summed E-state index contributed by atoms with van der Waals surface area (Å²) in [6.07, 6.45) is 9.26. The van der Waals surface area contributed by atoms with E-state index in [1.165, 1.54) is 6.92 Å². The molecule has 1 aromatic carbocycles. The molecule has 2 bridgehead atoms. The molecule has 1 saturated heterocycles. The summed E-state index contributed by atoms with van der Waals surface area (Å²) in [5, 5.41) is 8.44. The molecule has 0 aliphatic carbocycles. The minimum absolute atomic E-state index is 0.0959. The first-order valence-corrected chi connectivity index (χ1v) is 18.4. The Balaban J connectivity index is 1.34. The van der Waals surface area contributed by atoms with E-state index in [4.69, 9.17) is 0 Å². The van der Waals surface area contributed by atoms with Crippen molar-refractivity contribution in [3.63, 3.8) is 0 Å². The number of ketones is 1. The molecule has 11 nitrogen and oxygen atoms in total. The van der Waals surface area contributed by atoms with Crippen LogP contribution >= 0.6 is 38.5 Å². The van der Waals surface area contributed by atoms with Gasteiger partial charge in [0.1, 0.15) is 34.5 Å². The minimum atomic E-state index is -0.681. The summed E-state index contributed by atoms with van der Waals surface area (Å²) in [6.45, 7) is 6.91. The SMILES string of the molecule is CC(=O)c1nn(CC(=O)N2[C@H](I)[C@@H]3C[C@H]2C(=O)Nc2nc(Br)ccc2CCCCCCN(C)C3)c2c(C)cc(-c3cnc(C)nc3)cc12. The van der Waals surface area contributed by atoms with Gasteiger partial charge in [0.25, 0.3) is 0 Å². The predicted molar refractivity (Wildman–Crippen MR) is 197 cm³/mol. The fourth-order valence-corrected chi connectivity index (χ4v) is 8.48. The average Bonchev–Trinajstić information content (AvgIpc) is 3.57. The van der Waals surface area contributed by atoms with E-state index in [0.29, 0.717) is 39.3 Å². The lowest BCUT2D eigenvalue weighted by Crippen LogP contribution is -2.47. The molecule has 13 heteroatoms. The second-order valence-electron chi connectivity index (χ2n) is 13.0. The quantitative estimate of drug-likeness (QED) is 0.0857. The van der Waals surface area contributed by atoms with Crippen molar-refractivity contribution >= 4 is 72.8 Å². The van der Waals surface area contributed by atoms with Crippen LogP contribution in [0.25, 0.3) is 22.0 Å².